The second-order valence-corrected chi connectivity index (χ2v) is 9.15. The lowest BCUT2D eigenvalue weighted by atomic mass is 10.1. The fourth-order valence-electron chi connectivity index (χ4n) is 2.96. The minimum atomic E-state index is -3.25. The lowest BCUT2D eigenvalue weighted by molar-refractivity contribution is 0.0522. The fourth-order valence-corrected chi connectivity index (χ4v) is 4.51. The molecule has 2 heterocycles. The lowest BCUT2D eigenvalue weighted by Gasteiger charge is -2.19. The number of anilines is 1. The third-order valence-electron chi connectivity index (χ3n) is 4.03. The summed E-state index contributed by atoms with van der Waals surface area (Å²) in [6, 6.07) is 5.24. The summed E-state index contributed by atoms with van der Waals surface area (Å²) >= 11 is 0. The summed E-state index contributed by atoms with van der Waals surface area (Å²) < 4.78 is 32.4. The van der Waals surface area contributed by atoms with Crippen molar-refractivity contribution < 1.29 is 17.9 Å². The molecule has 1 saturated heterocycles. The van der Waals surface area contributed by atoms with Crippen molar-refractivity contribution in [2.45, 2.75) is 46.1 Å². The van der Waals surface area contributed by atoms with Crippen LogP contribution >= 0.6 is 0 Å². The van der Waals surface area contributed by atoms with Gasteiger partial charge in [0.25, 0.3) is 0 Å². The summed E-state index contributed by atoms with van der Waals surface area (Å²) in [6.45, 7) is 7.82. The molecule has 0 spiro atoms. The van der Waals surface area contributed by atoms with Gasteiger partial charge in [-0.3, -0.25) is 4.31 Å². The lowest BCUT2D eigenvalue weighted by Crippen LogP contribution is -2.27. The molecule has 8 heteroatoms. The average molecular weight is 365 g/mol. The third-order valence-corrected chi connectivity index (χ3v) is 5.90. The van der Waals surface area contributed by atoms with Crippen LogP contribution in [0.3, 0.4) is 0 Å². The van der Waals surface area contributed by atoms with Crippen LogP contribution in [0, 0.1) is 0 Å². The van der Waals surface area contributed by atoms with Gasteiger partial charge < -0.3 is 4.74 Å². The Bertz CT molecular complexity index is 925. The Morgan fingerprint density at radius 1 is 1.32 bits per heavy atom. The highest BCUT2D eigenvalue weighted by Crippen LogP contribution is 2.30. The van der Waals surface area contributed by atoms with Gasteiger partial charge in [-0.25, -0.2) is 13.2 Å². The maximum Gasteiger partial charge on any atom is 0.435 e. The number of nitrogens with zero attached hydrogens (tertiary/aromatic N) is 3. The molecule has 7 nitrogen and oxygen atoms in total. The Kier molecular flexibility index (Phi) is 4.26. The standard InChI is InChI=1S/C17H23N3O4S/c1-5-14-13-11-12(19-9-6-10-25(19,22)23)7-8-15(13)20(18-14)16(21)24-17(2,3)4/h7-8,11H,5-6,9-10H2,1-4H3. The number of rotatable bonds is 2. The van der Waals surface area contributed by atoms with E-state index in [1.54, 1.807) is 39.0 Å². The van der Waals surface area contributed by atoms with Crippen LogP contribution in [0.2, 0.25) is 0 Å². The second-order valence-electron chi connectivity index (χ2n) is 7.14. The summed E-state index contributed by atoms with van der Waals surface area (Å²) in [5.74, 6) is 0.169. The van der Waals surface area contributed by atoms with Crippen LogP contribution in [0.15, 0.2) is 18.2 Å². The first-order valence-corrected chi connectivity index (χ1v) is 9.99. The minimum Gasteiger partial charge on any atom is -0.442 e. The monoisotopic (exact) mass is 365 g/mol. The van der Waals surface area contributed by atoms with Crippen LogP contribution < -0.4 is 4.31 Å². The molecule has 0 saturated carbocycles. The minimum absolute atomic E-state index is 0.169. The molecule has 1 aromatic carbocycles. The maximum absolute atomic E-state index is 12.4. The highest BCUT2D eigenvalue weighted by molar-refractivity contribution is 7.93. The van der Waals surface area contributed by atoms with Crippen molar-refractivity contribution in [1.82, 2.24) is 9.78 Å². The second kappa shape index (κ2) is 6.01. The zero-order chi connectivity index (χ0) is 18.4. The molecule has 25 heavy (non-hydrogen) atoms. The van der Waals surface area contributed by atoms with E-state index >= 15 is 0 Å². The summed E-state index contributed by atoms with van der Waals surface area (Å²) in [5, 5.41) is 5.14. The third kappa shape index (κ3) is 3.35. The van der Waals surface area contributed by atoms with Gasteiger partial charge in [0.1, 0.15) is 5.60 Å². The average Bonchev–Trinajstić information content (AvgIpc) is 3.04. The van der Waals surface area contributed by atoms with Crippen LogP contribution in [0.1, 0.15) is 39.8 Å². The summed E-state index contributed by atoms with van der Waals surface area (Å²) in [7, 11) is -3.25. The molecule has 2 aromatic rings. The number of benzene rings is 1. The van der Waals surface area contributed by atoms with E-state index in [0.717, 1.165) is 11.1 Å². The molecule has 0 unspecified atom stereocenters. The summed E-state index contributed by atoms with van der Waals surface area (Å²) in [6.07, 6.45) is 0.708. The van der Waals surface area contributed by atoms with E-state index in [-0.39, 0.29) is 5.75 Å². The molecule has 0 amide bonds. The molecular weight excluding hydrogens is 342 g/mol. The Morgan fingerprint density at radius 3 is 2.60 bits per heavy atom. The molecule has 0 bridgehead atoms. The van der Waals surface area contributed by atoms with Gasteiger partial charge in [0.05, 0.1) is 22.7 Å². The van der Waals surface area contributed by atoms with Crippen LogP contribution in [0.25, 0.3) is 10.9 Å². The van der Waals surface area contributed by atoms with E-state index < -0.39 is 21.7 Å². The Morgan fingerprint density at radius 2 is 2.04 bits per heavy atom. The summed E-state index contributed by atoms with van der Waals surface area (Å²) in [4.78, 5) is 12.4. The highest BCUT2D eigenvalue weighted by Gasteiger charge is 2.29. The number of ether oxygens (including phenoxy) is 1. The predicted octanol–water partition coefficient (Wildman–Crippen LogP) is 2.92. The predicted molar refractivity (Wildman–Crippen MR) is 96.5 cm³/mol. The number of hydrogen-bond acceptors (Lipinski definition) is 5. The van der Waals surface area contributed by atoms with Crippen molar-refractivity contribution >= 4 is 32.7 Å². The molecule has 1 aliphatic rings. The van der Waals surface area contributed by atoms with Gasteiger partial charge in [-0.05, 0) is 51.8 Å². The van der Waals surface area contributed by atoms with Crippen molar-refractivity contribution in [3.05, 3.63) is 23.9 Å². The first kappa shape index (κ1) is 17.7. The smallest absolute Gasteiger partial charge is 0.435 e. The quantitative estimate of drug-likeness (QED) is 0.817. The largest absolute Gasteiger partial charge is 0.442 e. The maximum atomic E-state index is 12.4. The van der Waals surface area contributed by atoms with Gasteiger partial charge >= 0.3 is 6.09 Å². The number of aryl methyl sites for hydroxylation is 1. The number of carbonyl (C=O) groups excluding carboxylic acids is 1. The molecule has 0 radical (unpaired) electrons. The molecule has 0 N–H and O–H groups in total. The normalized spacial score (nSPS) is 17.2. The van der Waals surface area contributed by atoms with Gasteiger partial charge in [-0.2, -0.15) is 9.78 Å². The molecule has 136 valence electrons. The van der Waals surface area contributed by atoms with E-state index in [9.17, 15) is 13.2 Å². The number of fused-ring (bicyclic) bond motifs is 1. The number of carbonyl (C=O) groups is 1. The fraction of sp³-hybridized carbons (Fsp3) is 0.529. The van der Waals surface area contributed by atoms with Crippen LogP contribution in [-0.2, 0) is 21.2 Å². The number of hydrogen-bond donors (Lipinski definition) is 0. The van der Waals surface area contributed by atoms with Gasteiger partial charge in [0.2, 0.25) is 10.0 Å². The molecule has 0 atom stereocenters. The first-order chi connectivity index (χ1) is 11.6. The zero-order valence-corrected chi connectivity index (χ0v) is 15.8. The van der Waals surface area contributed by atoms with Crippen LogP contribution in [0.4, 0.5) is 10.5 Å². The Hall–Kier alpha value is -2.09. The molecule has 1 fully saturated rings. The topological polar surface area (TPSA) is 81.5 Å². The number of aromatic nitrogens is 2. The molecule has 3 rings (SSSR count). The summed E-state index contributed by atoms with van der Waals surface area (Å²) in [5.41, 5.74) is 1.35. The molecular formula is C17H23N3O4S. The Balaban J connectivity index is 2.07. The first-order valence-electron chi connectivity index (χ1n) is 8.38. The van der Waals surface area contributed by atoms with Crippen molar-refractivity contribution in [3.63, 3.8) is 0 Å². The Labute approximate surface area is 147 Å². The van der Waals surface area contributed by atoms with Gasteiger partial charge in [0, 0.05) is 11.9 Å². The van der Waals surface area contributed by atoms with E-state index in [4.69, 9.17) is 4.74 Å². The van der Waals surface area contributed by atoms with E-state index in [2.05, 4.69) is 5.10 Å². The molecule has 1 aliphatic heterocycles. The van der Waals surface area contributed by atoms with E-state index in [0.29, 0.717) is 30.6 Å². The van der Waals surface area contributed by atoms with Crippen LogP contribution in [0.5, 0.6) is 0 Å². The SMILES string of the molecule is CCc1nn(C(=O)OC(C)(C)C)c2ccc(N3CCCS3(=O)=O)cc12. The van der Waals surface area contributed by atoms with Gasteiger partial charge in [0.15, 0.2) is 0 Å². The van der Waals surface area contributed by atoms with Crippen LogP contribution in [-0.4, -0.2) is 42.2 Å². The van der Waals surface area contributed by atoms with Crippen molar-refractivity contribution in [3.8, 4) is 0 Å². The van der Waals surface area contributed by atoms with E-state index in [1.807, 2.05) is 6.92 Å². The van der Waals surface area contributed by atoms with Crippen molar-refractivity contribution in [2.75, 3.05) is 16.6 Å². The molecule has 1 aromatic heterocycles. The number of sulfonamides is 1. The van der Waals surface area contributed by atoms with Crippen molar-refractivity contribution in [2.24, 2.45) is 0 Å². The zero-order valence-electron chi connectivity index (χ0n) is 14.9. The highest BCUT2D eigenvalue weighted by atomic mass is 32.2. The van der Waals surface area contributed by atoms with Gasteiger partial charge in [-0.1, -0.05) is 6.92 Å². The van der Waals surface area contributed by atoms with Gasteiger partial charge in [-0.15, -0.1) is 0 Å². The molecule has 0 aliphatic carbocycles. The van der Waals surface area contributed by atoms with E-state index in [1.165, 1.54) is 8.99 Å². The van der Waals surface area contributed by atoms with Crippen molar-refractivity contribution in [1.29, 1.82) is 0 Å².